The molecule has 0 aliphatic carbocycles. The van der Waals surface area contributed by atoms with Crippen molar-refractivity contribution in [3.05, 3.63) is 21.0 Å². The molecule has 0 spiro atoms. The Morgan fingerprint density at radius 2 is 2.12 bits per heavy atom. The molecular weight excluding hydrogens is 342 g/mol. The van der Waals surface area contributed by atoms with Crippen LogP contribution in [0.4, 0.5) is 13.2 Å². The molecule has 0 bridgehead atoms. The van der Waals surface area contributed by atoms with Gasteiger partial charge < -0.3 is 9.84 Å². The second-order valence-electron chi connectivity index (χ2n) is 2.78. The molecule has 0 fully saturated rings. The van der Waals surface area contributed by atoms with E-state index in [1.807, 2.05) is 0 Å². The van der Waals surface area contributed by atoms with Crippen LogP contribution < -0.4 is 4.74 Å². The van der Waals surface area contributed by atoms with Crippen molar-refractivity contribution in [1.82, 2.24) is 4.98 Å². The highest BCUT2D eigenvalue weighted by molar-refractivity contribution is 14.1. The van der Waals surface area contributed by atoms with Gasteiger partial charge >= 0.3 is 12.3 Å². The number of nitrogens with zero attached hydrogens (tertiary/aromatic N) is 1. The maximum Gasteiger partial charge on any atom is 0.573 e. The third-order valence-electron chi connectivity index (χ3n) is 1.48. The van der Waals surface area contributed by atoms with Gasteiger partial charge in [-0.2, -0.15) is 0 Å². The van der Waals surface area contributed by atoms with Crippen LogP contribution in [0.3, 0.4) is 0 Å². The van der Waals surface area contributed by atoms with Crippen LogP contribution in [0.2, 0.25) is 0 Å². The van der Waals surface area contributed by atoms with Crippen LogP contribution in [0.5, 0.6) is 5.75 Å². The van der Waals surface area contributed by atoms with E-state index >= 15 is 0 Å². The first-order chi connectivity index (χ1) is 7.20. The van der Waals surface area contributed by atoms with E-state index < -0.39 is 23.8 Å². The first-order valence-corrected chi connectivity index (χ1v) is 4.95. The highest BCUT2D eigenvalue weighted by Crippen LogP contribution is 2.29. The summed E-state index contributed by atoms with van der Waals surface area (Å²) in [5, 5.41) is 8.71. The zero-order valence-corrected chi connectivity index (χ0v) is 9.96. The number of aromatic carboxylic acids is 1. The number of aryl methyl sites for hydroxylation is 1. The minimum Gasteiger partial charge on any atom is -0.476 e. The topological polar surface area (TPSA) is 59.4 Å². The van der Waals surface area contributed by atoms with Crippen molar-refractivity contribution in [2.24, 2.45) is 0 Å². The molecule has 0 unspecified atom stereocenters. The van der Waals surface area contributed by atoms with Gasteiger partial charge in [0, 0.05) is 11.8 Å². The van der Waals surface area contributed by atoms with E-state index in [0.29, 0.717) is 0 Å². The largest absolute Gasteiger partial charge is 0.573 e. The van der Waals surface area contributed by atoms with E-state index in [1.165, 1.54) is 29.5 Å². The highest BCUT2D eigenvalue weighted by atomic mass is 127. The Morgan fingerprint density at radius 3 is 2.56 bits per heavy atom. The van der Waals surface area contributed by atoms with E-state index in [0.717, 1.165) is 6.07 Å². The predicted molar refractivity (Wildman–Crippen MR) is 55.3 cm³/mol. The number of rotatable bonds is 2. The minimum absolute atomic E-state index is 0.136. The van der Waals surface area contributed by atoms with Gasteiger partial charge in [0.05, 0.1) is 3.57 Å². The van der Waals surface area contributed by atoms with Gasteiger partial charge in [0.1, 0.15) is 5.75 Å². The fraction of sp³-hybridized carbons (Fsp3) is 0.250. The molecule has 1 N–H and O–H groups in total. The maximum atomic E-state index is 12.0. The predicted octanol–water partition coefficient (Wildman–Crippen LogP) is 2.59. The third-order valence-corrected chi connectivity index (χ3v) is 2.52. The molecule has 8 heteroatoms. The molecular formula is C8H5F3INO3. The smallest absolute Gasteiger partial charge is 0.476 e. The van der Waals surface area contributed by atoms with Crippen molar-refractivity contribution >= 4 is 28.6 Å². The molecule has 1 aromatic heterocycles. The van der Waals surface area contributed by atoms with Crippen molar-refractivity contribution in [3.8, 4) is 5.75 Å². The SMILES string of the molecule is Cc1cc(OC(F)(F)F)c(I)c(C(=O)O)n1. The number of hydrogen-bond acceptors (Lipinski definition) is 3. The zero-order valence-electron chi connectivity index (χ0n) is 7.80. The molecule has 0 saturated carbocycles. The molecule has 1 aromatic rings. The van der Waals surface area contributed by atoms with Gasteiger partial charge in [-0.05, 0) is 29.5 Å². The molecule has 0 aliphatic heterocycles. The van der Waals surface area contributed by atoms with Crippen LogP contribution in [0.25, 0.3) is 0 Å². The number of alkyl halides is 3. The lowest BCUT2D eigenvalue weighted by atomic mass is 10.3. The summed E-state index contributed by atoms with van der Waals surface area (Å²) in [5.74, 6) is -1.96. The normalized spacial score (nSPS) is 11.3. The number of carbonyl (C=O) groups is 1. The monoisotopic (exact) mass is 347 g/mol. The van der Waals surface area contributed by atoms with Gasteiger partial charge in [0.15, 0.2) is 5.69 Å². The van der Waals surface area contributed by atoms with Gasteiger partial charge in [-0.3, -0.25) is 0 Å². The lowest BCUT2D eigenvalue weighted by Gasteiger charge is -2.12. The lowest BCUT2D eigenvalue weighted by molar-refractivity contribution is -0.275. The fourth-order valence-electron chi connectivity index (χ4n) is 0.968. The summed E-state index contributed by atoms with van der Waals surface area (Å²) >= 11 is 1.44. The van der Waals surface area contributed by atoms with Crippen molar-refractivity contribution in [2.75, 3.05) is 0 Å². The molecule has 88 valence electrons. The quantitative estimate of drug-likeness (QED) is 0.836. The van der Waals surface area contributed by atoms with E-state index in [9.17, 15) is 18.0 Å². The number of halogens is 4. The first kappa shape index (κ1) is 13.0. The number of pyridine rings is 1. The van der Waals surface area contributed by atoms with E-state index in [4.69, 9.17) is 5.11 Å². The molecule has 16 heavy (non-hydrogen) atoms. The summed E-state index contributed by atoms with van der Waals surface area (Å²) in [6.45, 7) is 1.38. The summed E-state index contributed by atoms with van der Waals surface area (Å²) in [6.07, 6.45) is -4.86. The van der Waals surface area contributed by atoms with Crippen molar-refractivity contribution in [2.45, 2.75) is 13.3 Å². The Hall–Kier alpha value is -1.06. The van der Waals surface area contributed by atoms with E-state index in [-0.39, 0.29) is 9.26 Å². The van der Waals surface area contributed by atoms with Gasteiger partial charge in [0.2, 0.25) is 0 Å². The summed E-state index contributed by atoms with van der Waals surface area (Å²) in [5.41, 5.74) is -0.322. The Balaban J connectivity index is 3.25. The fourth-order valence-corrected chi connectivity index (χ4v) is 1.59. The standard InChI is InChI=1S/C8H5F3INO3/c1-3-2-4(16-8(9,10)11)5(12)6(13-3)7(14)15/h2H,1H3,(H,14,15). The maximum absolute atomic E-state index is 12.0. The molecule has 1 heterocycles. The molecule has 0 amide bonds. The molecule has 0 saturated heterocycles. The molecule has 0 aromatic carbocycles. The van der Waals surface area contributed by atoms with Crippen LogP contribution in [0, 0.1) is 10.5 Å². The van der Waals surface area contributed by atoms with Gasteiger partial charge in [0.25, 0.3) is 0 Å². The highest BCUT2D eigenvalue weighted by Gasteiger charge is 2.33. The van der Waals surface area contributed by atoms with Crippen molar-refractivity contribution in [3.63, 3.8) is 0 Å². The van der Waals surface area contributed by atoms with Gasteiger partial charge in [-0.25, -0.2) is 9.78 Å². The molecule has 1 rings (SSSR count). The number of carboxylic acids is 1. The Bertz CT molecular complexity index is 433. The average molecular weight is 347 g/mol. The van der Waals surface area contributed by atoms with Crippen LogP contribution in [0.15, 0.2) is 6.07 Å². The lowest BCUT2D eigenvalue weighted by Crippen LogP contribution is -2.19. The summed E-state index contributed by atoms with van der Waals surface area (Å²) < 4.78 is 39.5. The first-order valence-electron chi connectivity index (χ1n) is 3.87. The van der Waals surface area contributed by atoms with Crippen LogP contribution in [0.1, 0.15) is 16.2 Å². The van der Waals surface area contributed by atoms with E-state index in [1.54, 1.807) is 0 Å². The second kappa shape index (κ2) is 4.44. The third kappa shape index (κ3) is 3.22. The second-order valence-corrected chi connectivity index (χ2v) is 3.86. The number of carboxylic acid groups (broad SMARTS) is 1. The Labute approximate surface area is 102 Å². The minimum atomic E-state index is -4.86. The summed E-state index contributed by atoms with van der Waals surface area (Å²) in [6, 6.07) is 1.03. The van der Waals surface area contributed by atoms with Crippen LogP contribution >= 0.6 is 22.6 Å². The van der Waals surface area contributed by atoms with Crippen molar-refractivity contribution in [1.29, 1.82) is 0 Å². The molecule has 0 aliphatic rings. The van der Waals surface area contributed by atoms with Crippen molar-refractivity contribution < 1.29 is 27.8 Å². The van der Waals surface area contributed by atoms with Gasteiger partial charge in [-0.1, -0.05) is 0 Å². The average Bonchev–Trinajstić information content (AvgIpc) is 2.07. The number of ether oxygens (including phenoxy) is 1. The van der Waals surface area contributed by atoms with Crippen LogP contribution in [-0.2, 0) is 0 Å². The Morgan fingerprint density at radius 1 is 1.56 bits per heavy atom. The summed E-state index contributed by atoms with van der Waals surface area (Å²) in [7, 11) is 0. The zero-order chi connectivity index (χ0) is 12.5. The van der Waals surface area contributed by atoms with Crippen LogP contribution in [-0.4, -0.2) is 22.4 Å². The van der Waals surface area contributed by atoms with E-state index in [2.05, 4.69) is 9.72 Å². The summed E-state index contributed by atoms with van der Waals surface area (Å²) in [4.78, 5) is 14.3. The Kier molecular flexibility index (Phi) is 3.61. The molecule has 4 nitrogen and oxygen atoms in total. The number of hydrogen-bond donors (Lipinski definition) is 1. The van der Waals surface area contributed by atoms with Gasteiger partial charge in [-0.15, -0.1) is 13.2 Å². The molecule has 0 atom stereocenters. The molecule has 0 radical (unpaired) electrons. The number of aromatic nitrogens is 1.